The summed E-state index contributed by atoms with van der Waals surface area (Å²) in [6, 6.07) is 21.1. The van der Waals surface area contributed by atoms with Crippen molar-refractivity contribution in [2.24, 2.45) is 0 Å². The van der Waals surface area contributed by atoms with Crippen LogP contribution in [0.5, 0.6) is 5.75 Å². The summed E-state index contributed by atoms with van der Waals surface area (Å²) in [4.78, 5) is 12.9. The Morgan fingerprint density at radius 2 is 1.66 bits per heavy atom. The van der Waals surface area contributed by atoms with Gasteiger partial charge in [-0.25, -0.2) is 8.42 Å². The number of rotatable bonds is 9. The van der Waals surface area contributed by atoms with Crippen molar-refractivity contribution in [2.45, 2.75) is 32.2 Å². The molecule has 0 aliphatic heterocycles. The van der Waals surface area contributed by atoms with Crippen molar-refractivity contribution in [1.82, 2.24) is 4.31 Å². The highest BCUT2D eigenvalue weighted by Crippen LogP contribution is 2.22. The van der Waals surface area contributed by atoms with Crippen LogP contribution in [0.1, 0.15) is 23.6 Å². The van der Waals surface area contributed by atoms with E-state index < -0.39 is 15.9 Å². The Bertz CT molecular complexity index is 1160. The van der Waals surface area contributed by atoms with Crippen LogP contribution < -0.4 is 10.1 Å². The number of carbonyl (C=O) groups excluding carboxylic acids is 1. The number of ether oxygens (including phenoxy) is 1. The largest absolute Gasteiger partial charge is 0.494 e. The van der Waals surface area contributed by atoms with E-state index in [4.69, 9.17) is 4.74 Å². The average Bonchev–Trinajstić information content (AvgIpc) is 2.76. The molecular weight excluding hydrogens is 424 g/mol. The van der Waals surface area contributed by atoms with Crippen LogP contribution in [-0.2, 0) is 21.4 Å². The third-order valence-corrected chi connectivity index (χ3v) is 6.76. The molecule has 32 heavy (non-hydrogen) atoms. The molecule has 3 aromatic carbocycles. The molecule has 0 atom stereocenters. The van der Waals surface area contributed by atoms with Crippen molar-refractivity contribution < 1.29 is 17.9 Å². The fourth-order valence-corrected chi connectivity index (χ4v) is 4.72. The van der Waals surface area contributed by atoms with Gasteiger partial charge in [-0.15, -0.1) is 0 Å². The number of nitrogens with one attached hydrogen (secondary N) is 1. The summed E-state index contributed by atoms with van der Waals surface area (Å²) in [6.45, 7) is 6.00. The lowest BCUT2D eigenvalue weighted by Crippen LogP contribution is -2.37. The SMILES string of the molecule is CCOc1ccc(S(=O)(=O)N(CC(=O)Nc2ccc(C)cc2C)Cc2ccccc2)cc1. The first-order valence-corrected chi connectivity index (χ1v) is 11.9. The van der Waals surface area contributed by atoms with Gasteiger partial charge in [0.1, 0.15) is 5.75 Å². The number of sulfonamides is 1. The fourth-order valence-electron chi connectivity index (χ4n) is 3.34. The Morgan fingerprint density at radius 3 is 2.28 bits per heavy atom. The summed E-state index contributed by atoms with van der Waals surface area (Å²) in [7, 11) is -3.92. The summed E-state index contributed by atoms with van der Waals surface area (Å²) in [6.07, 6.45) is 0. The molecule has 0 aromatic heterocycles. The highest BCUT2D eigenvalue weighted by atomic mass is 32.2. The molecule has 0 bridgehead atoms. The van der Waals surface area contributed by atoms with E-state index in [1.807, 2.05) is 69.3 Å². The molecule has 0 unspecified atom stereocenters. The second kappa shape index (κ2) is 10.4. The number of aryl methyl sites for hydroxylation is 2. The molecule has 0 saturated carbocycles. The highest BCUT2D eigenvalue weighted by Gasteiger charge is 2.27. The zero-order chi connectivity index (χ0) is 23.1. The first kappa shape index (κ1) is 23.5. The van der Waals surface area contributed by atoms with Gasteiger partial charge >= 0.3 is 0 Å². The number of benzene rings is 3. The number of carbonyl (C=O) groups is 1. The minimum Gasteiger partial charge on any atom is -0.494 e. The lowest BCUT2D eigenvalue weighted by atomic mass is 10.1. The zero-order valence-electron chi connectivity index (χ0n) is 18.5. The van der Waals surface area contributed by atoms with Gasteiger partial charge in [0, 0.05) is 12.2 Å². The van der Waals surface area contributed by atoms with Gasteiger partial charge in [-0.1, -0.05) is 48.0 Å². The first-order chi connectivity index (χ1) is 15.3. The number of hydrogen-bond acceptors (Lipinski definition) is 4. The number of nitrogens with zero attached hydrogens (tertiary/aromatic N) is 1. The van der Waals surface area contributed by atoms with E-state index in [-0.39, 0.29) is 18.0 Å². The van der Waals surface area contributed by atoms with Crippen LogP contribution in [0.3, 0.4) is 0 Å². The van der Waals surface area contributed by atoms with Crippen molar-refractivity contribution in [2.75, 3.05) is 18.5 Å². The number of amides is 1. The van der Waals surface area contributed by atoms with Gasteiger partial charge in [0.25, 0.3) is 0 Å². The van der Waals surface area contributed by atoms with Gasteiger partial charge in [-0.05, 0) is 62.2 Å². The quantitative estimate of drug-likeness (QED) is 0.518. The summed E-state index contributed by atoms with van der Waals surface area (Å²) >= 11 is 0. The van der Waals surface area contributed by atoms with Crippen molar-refractivity contribution in [3.05, 3.63) is 89.5 Å². The number of anilines is 1. The molecule has 3 rings (SSSR count). The van der Waals surface area contributed by atoms with Gasteiger partial charge in [0.15, 0.2) is 0 Å². The third-order valence-electron chi connectivity index (χ3n) is 4.95. The monoisotopic (exact) mass is 452 g/mol. The standard InChI is InChI=1S/C25H28N2O4S/c1-4-31-22-11-13-23(14-12-22)32(29,30)27(17-21-8-6-5-7-9-21)18-25(28)26-24-15-10-19(2)16-20(24)3/h5-16H,4,17-18H2,1-3H3,(H,26,28). The van der Waals surface area contributed by atoms with E-state index in [0.29, 0.717) is 18.0 Å². The van der Waals surface area contributed by atoms with Crippen molar-refractivity contribution >= 4 is 21.6 Å². The van der Waals surface area contributed by atoms with E-state index in [9.17, 15) is 13.2 Å². The van der Waals surface area contributed by atoms with Crippen molar-refractivity contribution in [3.8, 4) is 5.75 Å². The van der Waals surface area contributed by atoms with Gasteiger partial charge in [-0.2, -0.15) is 4.31 Å². The third kappa shape index (κ3) is 5.96. The molecule has 0 heterocycles. The van der Waals surface area contributed by atoms with Crippen LogP contribution in [-0.4, -0.2) is 31.8 Å². The maximum atomic E-state index is 13.4. The Hall–Kier alpha value is -3.16. The summed E-state index contributed by atoms with van der Waals surface area (Å²) in [5, 5.41) is 2.84. The van der Waals surface area contributed by atoms with Crippen LogP contribution in [0.25, 0.3) is 0 Å². The normalized spacial score (nSPS) is 11.4. The lowest BCUT2D eigenvalue weighted by molar-refractivity contribution is -0.116. The molecule has 168 valence electrons. The number of hydrogen-bond donors (Lipinski definition) is 1. The predicted molar refractivity (Wildman–Crippen MR) is 126 cm³/mol. The molecule has 0 radical (unpaired) electrons. The van der Waals surface area contributed by atoms with Gasteiger partial charge in [0.2, 0.25) is 15.9 Å². The molecule has 0 spiro atoms. The van der Waals surface area contributed by atoms with E-state index in [1.165, 1.54) is 16.4 Å². The molecule has 3 aromatic rings. The minimum absolute atomic E-state index is 0.0800. The zero-order valence-corrected chi connectivity index (χ0v) is 19.4. The molecule has 0 aliphatic carbocycles. The lowest BCUT2D eigenvalue weighted by Gasteiger charge is -2.22. The van der Waals surface area contributed by atoms with Crippen molar-refractivity contribution in [1.29, 1.82) is 0 Å². The Balaban J connectivity index is 1.86. The maximum Gasteiger partial charge on any atom is 0.243 e. The van der Waals surface area contributed by atoms with E-state index in [1.54, 1.807) is 12.1 Å². The summed E-state index contributed by atoms with van der Waals surface area (Å²) < 4.78 is 33.4. The molecule has 1 amide bonds. The van der Waals surface area contributed by atoms with E-state index in [0.717, 1.165) is 16.7 Å². The summed E-state index contributed by atoms with van der Waals surface area (Å²) in [5.41, 5.74) is 3.46. The Labute approximate surface area is 189 Å². The van der Waals surface area contributed by atoms with E-state index in [2.05, 4.69) is 5.32 Å². The van der Waals surface area contributed by atoms with Gasteiger partial charge in [0.05, 0.1) is 18.0 Å². The van der Waals surface area contributed by atoms with Crippen molar-refractivity contribution in [3.63, 3.8) is 0 Å². The van der Waals surface area contributed by atoms with Crippen LogP contribution in [0.2, 0.25) is 0 Å². The molecule has 0 fully saturated rings. The maximum absolute atomic E-state index is 13.4. The molecule has 0 aliphatic rings. The van der Waals surface area contributed by atoms with Crippen LogP contribution in [0, 0.1) is 13.8 Å². The molecular formula is C25H28N2O4S. The fraction of sp³-hybridized carbons (Fsp3) is 0.240. The Kier molecular flexibility index (Phi) is 7.66. The second-order valence-corrected chi connectivity index (χ2v) is 9.47. The van der Waals surface area contributed by atoms with Crippen LogP contribution in [0.4, 0.5) is 5.69 Å². The highest BCUT2D eigenvalue weighted by molar-refractivity contribution is 7.89. The topological polar surface area (TPSA) is 75.7 Å². The van der Waals surface area contributed by atoms with Gasteiger partial charge < -0.3 is 10.1 Å². The summed E-state index contributed by atoms with van der Waals surface area (Å²) in [5.74, 6) is 0.191. The van der Waals surface area contributed by atoms with Crippen LogP contribution >= 0.6 is 0 Å². The minimum atomic E-state index is -3.92. The predicted octanol–water partition coefficient (Wildman–Crippen LogP) is 4.53. The second-order valence-electron chi connectivity index (χ2n) is 7.53. The molecule has 1 N–H and O–H groups in total. The smallest absolute Gasteiger partial charge is 0.243 e. The Morgan fingerprint density at radius 1 is 0.969 bits per heavy atom. The van der Waals surface area contributed by atoms with Crippen LogP contribution in [0.15, 0.2) is 77.7 Å². The average molecular weight is 453 g/mol. The van der Waals surface area contributed by atoms with Gasteiger partial charge in [-0.3, -0.25) is 4.79 Å². The molecule has 7 heteroatoms. The van der Waals surface area contributed by atoms with E-state index >= 15 is 0 Å². The molecule has 6 nitrogen and oxygen atoms in total. The first-order valence-electron chi connectivity index (χ1n) is 10.4. The molecule has 0 saturated heterocycles.